The van der Waals surface area contributed by atoms with Crippen LogP contribution in [0.3, 0.4) is 0 Å². The Labute approximate surface area is 126 Å². The van der Waals surface area contributed by atoms with E-state index in [-0.39, 0.29) is 5.82 Å². The van der Waals surface area contributed by atoms with Crippen molar-refractivity contribution in [2.24, 2.45) is 5.73 Å². The van der Waals surface area contributed by atoms with Crippen molar-refractivity contribution < 1.29 is 4.39 Å². The predicted molar refractivity (Wildman–Crippen MR) is 80.3 cm³/mol. The van der Waals surface area contributed by atoms with E-state index in [4.69, 9.17) is 5.73 Å². The van der Waals surface area contributed by atoms with Crippen molar-refractivity contribution in [1.82, 2.24) is 0 Å². The molecule has 0 unspecified atom stereocenters. The minimum atomic E-state index is -0.261. The molecule has 2 rings (SSSR count). The highest BCUT2D eigenvalue weighted by Gasteiger charge is 2.11. The van der Waals surface area contributed by atoms with Crippen LogP contribution < -0.4 is 5.73 Å². The average molecular weight is 391 g/mol. The van der Waals surface area contributed by atoms with Gasteiger partial charge in [0.05, 0.1) is 4.47 Å². The van der Waals surface area contributed by atoms with E-state index < -0.39 is 0 Å². The van der Waals surface area contributed by atoms with Crippen LogP contribution in [-0.2, 0) is 6.54 Å². The molecule has 0 bridgehead atoms. The van der Waals surface area contributed by atoms with Crippen molar-refractivity contribution >= 4 is 43.6 Å². The minimum absolute atomic E-state index is 0.261. The zero-order valence-electron chi connectivity index (χ0n) is 9.29. The van der Waals surface area contributed by atoms with Crippen molar-refractivity contribution in [2.45, 2.75) is 16.3 Å². The van der Waals surface area contributed by atoms with Crippen molar-refractivity contribution in [2.75, 3.05) is 0 Å². The minimum Gasteiger partial charge on any atom is -0.326 e. The van der Waals surface area contributed by atoms with Gasteiger partial charge >= 0.3 is 0 Å². The fraction of sp³-hybridized carbons (Fsp3) is 0.0769. The molecule has 0 aliphatic carbocycles. The van der Waals surface area contributed by atoms with E-state index in [0.717, 1.165) is 14.9 Å². The van der Waals surface area contributed by atoms with E-state index in [1.165, 1.54) is 11.8 Å². The highest BCUT2D eigenvalue weighted by Crippen LogP contribution is 2.35. The second-order valence-electron chi connectivity index (χ2n) is 3.61. The van der Waals surface area contributed by atoms with Crippen LogP contribution in [0, 0.1) is 5.82 Å². The summed E-state index contributed by atoms with van der Waals surface area (Å²) < 4.78 is 15.5. The van der Waals surface area contributed by atoms with Crippen LogP contribution in [0.1, 0.15) is 5.56 Å². The Balaban J connectivity index is 2.33. The largest absolute Gasteiger partial charge is 0.326 e. The first-order valence-electron chi connectivity index (χ1n) is 5.22. The number of hydrogen-bond donors (Lipinski definition) is 1. The molecular weight excluding hydrogens is 381 g/mol. The first kappa shape index (κ1) is 14.1. The second-order valence-corrected chi connectivity index (χ2v) is 6.44. The van der Waals surface area contributed by atoms with Gasteiger partial charge in [-0.3, -0.25) is 0 Å². The molecule has 0 aliphatic heterocycles. The quantitative estimate of drug-likeness (QED) is 0.801. The SMILES string of the molecule is NCc1ccc(Sc2cccc(Br)c2)c(F)c1Br. The number of rotatable bonds is 3. The summed E-state index contributed by atoms with van der Waals surface area (Å²) in [4.78, 5) is 1.56. The van der Waals surface area contributed by atoms with E-state index in [0.29, 0.717) is 15.9 Å². The molecule has 18 heavy (non-hydrogen) atoms. The monoisotopic (exact) mass is 389 g/mol. The standard InChI is InChI=1S/C13H10Br2FNS/c14-9-2-1-3-10(6-9)18-11-5-4-8(7-17)12(15)13(11)16/h1-6H,7,17H2. The van der Waals surface area contributed by atoms with Gasteiger partial charge < -0.3 is 5.73 Å². The number of halogens is 3. The summed E-state index contributed by atoms with van der Waals surface area (Å²) in [7, 11) is 0. The highest BCUT2D eigenvalue weighted by atomic mass is 79.9. The Bertz CT molecular complexity index is 575. The first-order chi connectivity index (χ1) is 8.61. The molecule has 0 fully saturated rings. The van der Waals surface area contributed by atoms with E-state index in [9.17, 15) is 4.39 Å². The summed E-state index contributed by atoms with van der Waals surface area (Å²) in [6.07, 6.45) is 0. The lowest BCUT2D eigenvalue weighted by Gasteiger charge is -2.08. The molecule has 0 amide bonds. The molecule has 2 N–H and O–H groups in total. The number of nitrogens with two attached hydrogens (primary N) is 1. The van der Waals surface area contributed by atoms with Crippen LogP contribution in [0.15, 0.2) is 55.1 Å². The summed E-state index contributed by atoms with van der Waals surface area (Å²) in [6, 6.07) is 11.4. The van der Waals surface area contributed by atoms with Crippen LogP contribution in [0.4, 0.5) is 4.39 Å². The number of hydrogen-bond acceptors (Lipinski definition) is 2. The van der Waals surface area contributed by atoms with Crippen molar-refractivity contribution in [1.29, 1.82) is 0 Å². The van der Waals surface area contributed by atoms with E-state index >= 15 is 0 Å². The fourth-order valence-electron chi connectivity index (χ4n) is 1.47. The summed E-state index contributed by atoms with van der Waals surface area (Å²) in [6.45, 7) is 0.319. The van der Waals surface area contributed by atoms with Gasteiger partial charge in [0.15, 0.2) is 5.82 Å². The lowest BCUT2D eigenvalue weighted by atomic mass is 10.2. The van der Waals surface area contributed by atoms with Gasteiger partial charge in [0.2, 0.25) is 0 Å². The molecule has 94 valence electrons. The molecule has 0 aliphatic rings. The van der Waals surface area contributed by atoms with Crippen LogP contribution in [0.2, 0.25) is 0 Å². The van der Waals surface area contributed by atoms with Gasteiger partial charge in [-0.25, -0.2) is 4.39 Å². The molecule has 0 radical (unpaired) electrons. The Morgan fingerprint density at radius 3 is 2.61 bits per heavy atom. The lowest BCUT2D eigenvalue weighted by Crippen LogP contribution is -1.99. The summed E-state index contributed by atoms with van der Waals surface area (Å²) in [5, 5.41) is 0. The first-order valence-corrected chi connectivity index (χ1v) is 7.62. The molecule has 0 saturated carbocycles. The molecule has 5 heteroatoms. The maximum absolute atomic E-state index is 14.1. The number of benzene rings is 2. The second kappa shape index (κ2) is 6.19. The van der Waals surface area contributed by atoms with E-state index in [2.05, 4.69) is 31.9 Å². The van der Waals surface area contributed by atoms with Gasteiger partial charge in [0, 0.05) is 20.8 Å². The Kier molecular flexibility index (Phi) is 4.84. The van der Waals surface area contributed by atoms with Crippen LogP contribution >= 0.6 is 43.6 Å². The third-order valence-corrected chi connectivity index (χ3v) is 4.75. The molecule has 0 atom stereocenters. The fourth-order valence-corrected chi connectivity index (χ4v) is 3.57. The van der Waals surface area contributed by atoms with E-state index in [1.807, 2.05) is 30.3 Å². The highest BCUT2D eigenvalue weighted by molar-refractivity contribution is 9.10. The van der Waals surface area contributed by atoms with Gasteiger partial charge in [-0.1, -0.05) is 39.8 Å². The molecule has 0 spiro atoms. The van der Waals surface area contributed by atoms with Crippen molar-refractivity contribution in [3.8, 4) is 0 Å². The normalized spacial score (nSPS) is 10.7. The molecule has 1 nitrogen and oxygen atoms in total. The summed E-state index contributed by atoms with van der Waals surface area (Å²) in [5.41, 5.74) is 6.30. The Hall–Kier alpha value is -0.360. The van der Waals surface area contributed by atoms with Gasteiger partial charge in [0.25, 0.3) is 0 Å². The third-order valence-electron chi connectivity index (χ3n) is 2.37. The zero-order valence-corrected chi connectivity index (χ0v) is 13.3. The van der Waals surface area contributed by atoms with Crippen LogP contribution in [-0.4, -0.2) is 0 Å². The predicted octanol–water partition coefficient (Wildman–Crippen LogP) is 4.96. The summed E-state index contributed by atoms with van der Waals surface area (Å²) in [5.74, 6) is -0.261. The van der Waals surface area contributed by atoms with Crippen LogP contribution in [0.5, 0.6) is 0 Å². The maximum Gasteiger partial charge on any atom is 0.151 e. The smallest absolute Gasteiger partial charge is 0.151 e. The Morgan fingerprint density at radius 1 is 1.17 bits per heavy atom. The Morgan fingerprint density at radius 2 is 1.94 bits per heavy atom. The van der Waals surface area contributed by atoms with E-state index in [1.54, 1.807) is 6.07 Å². The maximum atomic E-state index is 14.1. The molecule has 2 aromatic carbocycles. The molecule has 0 heterocycles. The molecular formula is C13H10Br2FNS. The van der Waals surface area contributed by atoms with Gasteiger partial charge in [-0.2, -0.15) is 0 Å². The van der Waals surface area contributed by atoms with Gasteiger partial charge in [0.1, 0.15) is 0 Å². The molecule has 2 aromatic rings. The van der Waals surface area contributed by atoms with Crippen LogP contribution in [0.25, 0.3) is 0 Å². The zero-order chi connectivity index (χ0) is 13.1. The summed E-state index contributed by atoms with van der Waals surface area (Å²) >= 11 is 8.03. The molecule has 0 aromatic heterocycles. The van der Waals surface area contributed by atoms with Gasteiger partial charge in [-0.15, -0.1) is 0 Å². The third kappa shape index (κ3) is 3.15. The van der Waals surface area contributed by atoms with Crippen molar-refractivity contribution in [3.05, 3.63) is 56.7 Å². The average Bonchev–Trinajstić information content (AvgIpc) is 2.35. The topological polar surface area (TPSA) is 26.0 Å². The van der Waals surface area contributed by atoms with Gasteiger partial charge in [-0.05, 0) is 45.8 Å². The lowest BCUT2D eigenvalue weighted by molar-refractivity contribution is 0.592. The van der Waals surface area contributed by atoms with Crippen molar-refractivity contribution in [3.63, 3.8) is 0 Å². The molecule has 0 saturated heterocycles.